The third-order valence-corrected chi connectivity index (χ3v) is 5.21. The van der Waals surface area contributed by atoms with Gasteiger partial charge in [0.2, 0.25) is 11.8 Å². The first kappa shape index (κ1) is 22.0. The van der Waals surface area contributed by atoms with Crippen LogP contribution in [0, 0.1) is 5.92 Å². The van der Waals surface area contributed by atoms with Gasteiger partial charge in [-0.3, -0.25) is 14.5 Å². The SMILES string of the molecule is COc1cc2c(cc1OC)C(CNC(=O)CNC(=O)C(N)C(C)C)N(C)CC2. The monoisotopic (exact) mass is 392 g/mol. The molecule has 1 heterocycles. The maximum absolute atomic E-state index is 12.2. The van der Waals surface area contributed by atoms with Crippen molar-refractivity contribution in [2.24, 2.45) is 11.7 Å². The van der Waals surface area contributed by atoms with E-state index in [0.717, 1.165) is 18.5 Å². The lowest BCUT2D eigenvalue weighted by Crippen LogP contribution is -2.48. The number of amides is 2. The van der Waals surface area contributed by atoms with E-state index in [-0.39, 0.29) is 30.3 Å². The summed E-state index contributed by atoms with van der Waals surface area (Å²) in [4.78, 5) is 26.3. The Morgan fingerprint density at radius 2 is 1.86 bits per heavy atom. The number of carbonyl (C=O) groups is 2. The van der Waals surface area contributed by atoms with E-state index in [0.29, 0.717) is 18.0 Å². The van der Waals surface area contributed by atoms with Crippen LogP contribution in [-0.2, 0) is 16.0 Å². The summed E-state index contributed by atoms with van der Waals surface area (Å²) >= 11 is 0. The third kappa shape index (κ3) is 5.14. The number of likely N-dealkylation sites (N-methyl/N-ethyl adjacent to an activating group) is 1. The molecule has 0 radical (unpaired) electrons. The van der Waals surface area contributed by atoms with Crippen LogP contribution in [0.4, 0.5) is 0 Å². The molecule has 156 valence electrons. The van der Waals surface area contributed by atoms with Crippen molar-refractivity contribution in [1.29, 1.82) is 0 Å². The van der Waals surface area contributed by atoms with E-state index in [2.05, 4.69) is 15.5 Å². The highest BCUT2D eigenvalue weighted by molar-refractivity contribution is 5.87. The van der Waals surface area contributed by atoms with Crippen LogP contribution in [0.1, 0.15) is 31.0 Å². The average Bonchev–Trinajstić information content (AvgIpc) is 2.69. The van der Waals surface area contributed by atoms with Gasteiger partial charge in [-0.2, -0.15) is 0 Å². The van der Waals surface area contributed by atoms with E-state index in [4.69, 9.17) is 15.2 Å². The summed E-state index contributed by atoms with van der Waals surface area (Å²) in [6, 6.07) is 3.38. The molecule has 0 bridgehead atoms. The predicted octanol–water partition coefficient (Wildman–Crippen LogP) is 0.449. The summed E-state index contributed by atoms with van der Waals surface area (Å²) in [6.45, 7) is 4.95. The molecule has 8 nitrogen and oxygen atoms in total. The Balaban J connectivity index is 2.01. The number of fused-ring (bicyclic) bond motifs is 1. The zero-order valence-electron chi connectivity index (χ0n) is 17.4. The molecule has 0 fully saturated rings. The van der Waals surface area contributed by atoms with Gasteiger partial charge in [0.05, 0.1) is 32.8 Å². The minimum Gasteiger partial charge on any atom is -0.493 e. The number of nitrogens with two attached hydrogens (primary N) is 1. The minimum absolute atomic E-state index is 0.0149. The van der Waals surface area contributed by atoms with Gasteiger partial charge in [0.1, 0.15) is 0 Å². The second kappa shape index (κ2) is 9.75. The number of nitrogens with one attached hydrogen (secondary N) is 2. The van der Waals surface area contributed by atoms with Crippen molar-refractivity contribution >= 4 is 11.8 Å². The average molecular weight is 393 g/mol. The van der Waals surface area contributed by atoms with Gasteiger partial charge in [-0.05, 0) is 42.6 Å². The van der Waals surface area contributed by atoms with Crippen molar-refractivity contribution in [3.8, 4) is 11.5 Å². The topological polar surface area (TPSA) is 106 Å². The molecule has 8 heteroatoms. The fourth-order valence-corrected chi connectivity index (χ4v) is 3.28. The zero-order chi connectivity index (χ0) is 20.8. The molecule has 2 rings (SSSR count). The number of hydrogen-bond acceptors (Lipinski definition) is 6. The third-order valence-electron chi connectivity index (χ3n) is 5.21. The lowest BCUT2D eigenvalue weighted by Gasteiger charge is -2.35. The second-order valence-electron chi connectivity index (χ2n) is 7.44. The molecule has 2 unspecified atom stereocenters. The zero-order valence-corrected chi connectivity index (χ0v) is 17.4. The normalized spacial score (nSPS) is 17.6. The molecule has 0 saturated carbocycles. The van der Waals surface area contributed by atoms with Crippen molar-refractivity contribution in [1.82, 2.24) is 15.5 Å². The Morgan fingerprint density at radius 1 is 1.21 bits per heavy atom. The van der Waals surface area contributed by atoms with Crippen LogP contribution in [0.25, 0.3) is 0 Å². The summed E-state index contributed by atoms with van der Waals surface area (Å²) in [5, 5.41) is 5.49. The maximum Gasteiger partial charge on any atom is 0.239 e. The molecule has 1 aromatic carbocycles. The molecule has 1 aliphatic rings. The molecule has 28 heavy (non-hydrogen) atoms. The van der Waals surface area contributed by atoms with Crippen LogP contribution in [0.15, 0.2) is 12.1 Å². The number of benzene rings is 1. The van der Waals surface area contributed by atoms with Crippen molar-refractivity contribution in [3.63, 3.8) is 0 Å². The molecule has 2 amide bonds. The summed E-state index contributed by atoms with van der Waals surface area (Å²) in [5.74, 6) is 0.829. The summed E-state index contributed by atoms with van der Waals surface area (Å²) < 4.78 is 10.8. The summed E-state index contributed by atoms with van der Waals surface area (Å²) in [5.41, 5.74) is 8.08. The quantitative estimate of drug-likeness (QED) is 0.593. The first-order valence-electron chi connectivity index (χ1n) is 9.53. The van der Waals surface area contributed by atoms with E-state index in [1.54, 1.807) is 14.2 Å². The maximum atomic E-state index is 12.2. The molecule has 1 aliphatic heterocycles. The number of nitrogens with zero attached hydrogens (tertiary/aromatic N) is 1. The molecule has 2 atom stereocenters. The first-order valence-corrected chi connectivity index (χ1v) is 9.53. The van der Waals surface area contributed by atoms with Gasteiger partial charge in [-0.25, -0.2) is 0 Å². The minimum atomic E-state index is -0.619. The van der Waals surface area contributed by atoms with Gasteiger partial charge in [0.25, 0.3) is 0 Å². The number of rotatable bonds is 8. The van der Waals surface area contributed by atoms with Crippen molar-refractivity contribution in [2.45, 2.75) is 32.4 Å². The van der Waals surface area contributed by atoms with Gasteiger partial charge in [-0.1, -0.05) is 13.8 Å². The molecule has 0 saturated heterocycles. The van der Waals surface area contributed by atoms with E-state index in [9.17, 15) is 9.59 Å². The van der Waals surface area contributed by atoms with E-state index in [1.807, 2.05) is 33.0 Å². The number of carbonyl (C=O) groups excluding carboxylic acids is 2. The standard InChI is InChI=1S/C20H32N4O4/c1-12(2)19(21)20(26)23-11-18(25)22-10-15-14-9-17(28-5)16(27-4)8-13(14)6-7-24(15)3/h8-9,12,15,19H,6-7,10-11,21H2,1-5H3,(H,22,25)(H,23,26). The summed E-state index contributed by atoms with van der Waals surface area (Å²) in [7, 11) is 5.26. The van der Waals surface area contributed by atoms with Crippen LogP contribution in [0.2, 0.25) is 0 Å². The lowest BCUT2D eigenvalue weighted by molar-refractivity contribution is -0.127. The Morgan fingerprint density at radius 3 is 2.46 bits per heavy atom. The highest BCUT2D eigenvalue weighted by Crippen LogP contribution is 2.37. The molecule has 0 spiro atoms. The Hall–Kier alpha value is -2.32. The van der Waals surface area contributed by atoms with Gasteiger partial charge in [0, 0.05) is 13.1 Å². The van der Waals surface area contributed by atoms with E-state index in [1.165, 1.54) is 5.56 Å². The van der Waals surface area contributed by atoms with Crippen molar-refractivity contribution in [2.75, 3.05) is 40.9 Å². The number of ether oxygens (including phenoxy) is 2. The molecular formula is C20H32N4O4. The largest absolute Gasteiger partial charge is 0.493 e. The van der Waals surface area contributed by atoms with E-state index < -0.39 is 6.04 Å². The van der Waals surface area contributed by atoms with Crippen molar-refractivity contribution < 1.29 is 19.1 Å². The molecular weight excluding hydrogens is 360 g/mol. The first-order chi connectivity index (χ1) is 13.3. The molecule has 1 aromatic rings. The van der Waals surface area contributed by atoms with Gasteiger partial charge < -0.3 is 25.8 Å². The second-order valence-corrected chi connectivity index (χ2v) is 7.44. The van der Waals surface area contributed by atoms with Crippen molar-refractivity contribution in [3.05, 3.63) is 23.3 Å². The van der Waals surface area contributed by atoms with Gasteiger partial charge >= 0.3 is 0 Å². The Labute approximate surface area is 166 Å². The van der Waals surface area contributed by atoms with Crippen LogP contribution < -0.4 is 25.8 Å². The van der Waals surface area contributed by atoms with Crippen LogP contribution in [0.3, 0.4) is 0 Å². The van der Waals surface area contributed by atoms with Gasteiger partial charge in [0.15, 0.2) is 11.5 Å². The summed E-state index contributed by atoms with van der Waals surface area (Å²) in [6.07, 6.45) is 0.903. The fourth-order valence-electron chi connectivity index (χ4n) is 3.28. The molecule has 0 aromatic heterocycles. The number of hydrogen-bond donors (Lipinski definition) is 3. The Bertz CT molecular complexity index is 708. The predicted molar refractivity (Wildman–Crippen MR) is 107 cm³/mol. The number of methoxy groups -OCH3 is 2. The van der Waals surface area contributed by atoms with Gasteiger partial charge in [-0.15, -0.1) is 0 Å². The molecule has 0 aliphatic carbocycles. The molecule has 4 N–H and O–H groups in total. The lowest BCUT2D eigenvalue weighted by atomic mass is 9.92. The van der Waals surface area contributed by atoms with Crippen LogP contribution in [-0.4, -0.2) is 63.7 Å². The highest BCUT2D eigenvalue weighted by Gasteiger charge is 2.27. The Kier molecular flexibility index (Phi) is 7.65. The highest BCUT2D eigenvalue weighted by atomic mass is 16.5. The van der Waals surface area contributed by atoms with Crippen LogP contribution in [0.5, 0.6) is 11.5 Å². The smallest absolute Gasteiger partial charge is 0.239 e. The van der Waals surface area contributed by atoms with Crippen LogP contribution >= 0.6 is 0 Å². The van der Waals surface area contributed by atoms with E-state index >= 15 is 0 Å². The fraction of sp³-hybridized carbons (Fsp3) is 0.600.